The Bertz CT molecular complexity index is 1120. The Balaban J connectivity index is 1.54. The highest BCUT2D eigenvalue weighted by Gasteiger charge is 2.27. The van der Waals surface area contributed by atoms with Gasteiger partial charge < -0.3 is 0 Å². The first-order valence-corrected chi connectivity index (χ1v) is 12.3. The van der Waals surface area contributed by atoms with E-state index in [-0.39, 0.29) is 0 Å². The lowest BCUT2D eigenvalue weighted by Gasteiger charge is -2.22. The van der Waals surface area contributed by atoms with Gasteiger partial charge in [-0.1, -0.05) is 67.9 Å². The largest absolute Gasteiger partial charge is 0.257 e. The molecule has 2 aromatic carbocycles. The van der Waals surface area contributed by atoms with E-state index >= 15 is 0 Å². The van der Waals surface area contributed by atoms with Gasteiger partial charge in [-0.05, 0) is 61.6 Å². The smallest absolute Gasteiger partial charge is 0.116 e. The number of aromatic nitrogens is 2. The summed E-state index contributed by atoms with van der Waals surface area (Å²) in [5.74, 6) is 1.59. The molecule has 31 heavy (non-hydrogen) atoms. The van der Waals surface area contributed by atoms with Gasteiger partial charge in [0.25, 0.3) is 0 Å². The average molecular weight is 428 g/mol. The van der Waals surface area contributed by atoms with Crippen LogP contribution in [0.25, 0.3) is 11.3 Å². The van der Waals surface area contributed by atoms with Gasteiger partial charge in [0.1, 0.15) is 17.7 Å². The molecule has 2 unspecified atom stereocenters. The minimum Gasteiger partial charge on any atom is -0.257 e. The quantitative estimate of drug-likeness (QED) is 0.314. The van der Waals surface area contributed by atoms with Gasteiger partial charge in [0, 0.05) is 21.6 Å². The van der Waals surface area contributed by atoms with Crippen LogP contribution < -0.4 is 0 Å². The van der Waals surface area contributed by atoms with Gasteiger partial charge in [-0.3, -0.25) is 4.99 Å². The van der Waals surface area contributed by atoms with Crippen molar-refractivity contribution in [1.29, 1.82) is 0 Å². The van der Waals surface area contributed by atoms with Gasteiger partial charge in [0.15, 0.2) is 0 Å². The van der Waals surface area contributed by atoms with Crippen molar-refractivity contribution in [1.82, 2.24) is 9.97 Å². The molecule has 1 saturated carbocycles. The summed E-state index contributed by atoms with van der Waals surface area (Å²) in [6, 6.07) is 15.3. The summed E-state index contributed by atoms with van der Waals surface area (Å²) >= 11 is 1.86. The number of fused-ring (bicyclic) bond motifs is 2. The number of hydrogen-bond donors (Lipinski definition) is 0. The van der Waals surface area contributed by atoms with Crippen molar-refractivity contribution in [3.05, 3.63) is 65.6 Å². The lowest BCUT2D eigenvalue weighted by molar-refractivity contribution is 0.476. The molecule has 0 amide bonds. The van der Waals surface area contributed by atoms with Crippen molar-refractivity contribution in [2.75, 3.05) is 0 Å². The van der Waals surface area contributed by atoms with Crippen LogP contribution >= 0.6 is 11.8 Å². The van der Waals surface area contributed by atoms with Crippen molar-refractivity contribution in [3.8, 4) is 11.3 Å². The fraction of sp³-hybridized carbons (Fsp3) is 0.370. The molecule has 0 saturated heterocycles. The molecule has 3 aromatic rings. The van der Waals surface area contributed by atoms with Crippen LogP contribution in [0.4, 0.5) is 5.69 Å². The Morgan fingerprint density at radius 2 is 1.87 bits per heavy atom. The SMILES string of the molecule is CC=Nc1c(CC2CCC(CC)C2)ncnc1-c1cccc2c1Sc1ccccc1C2. The Labute approximate surface area is 189 Å². The van der Waals surface area contributed by atoms with Crippen LogP contribution in [-0.4, -0.2) is 16.2 Å². The summed E-state index contributed by atoms with van der Waals surface area (Å²) in [7, 11) is 0. The third-order valence-electron chi connectivity index (χ3n) is 6.78. The second-order valence-corrected chi connectivity index (χ2v) is 9.79. The van der Waals surface area contributed by atoms with Crippen LogP contribution in [0.1, 0.15) is 56.4 Å². The third kappa shape index (κ3) is 4.06. The molecule has 5 rings (SSSR count). The third-order valence-corrected chi connectivity index (χ3v) is 8.09. The van der Waals surface area contributed by atoms with Gasteiger partial charge in [-0.25, -0.2) is 9.97 Å². The maximum Gasteiger partial charge on any atom is 0.116 e. The topological polar surface area (TPSA) is 38.1 Å². The second-order valence-electron chi connectivity index (χ2n) is 8.74. The standard InChI is InChI=1S/C27H29N3S/c1-3-18-12-13-19(14-18)15-23-26(28-4-2)25(30-17-29-23)22-10-7-9-21-16-20-8-5-6-11-24(20)31-27(21)22/h4-11,17-19H,3,12-16H2,1-2H3. The van der Waals surface area contributed by atoms with E-state index in [0.717, 1.165) is 35.8 Å². The molecular formula is C27H29N3S. The van der Waals surface area contributed by atoms with Crippen LogP contribution in [0.5, 0.6) is 0 Å². The minimum atomic E-state index is 0.712. The number of rotatable bonds is 5. The maximum absolute atomic E-state index is 4.80. The molecule has 1 aromatic heterocycles. The zero-order valence-electron chi connectivity index (χ0n) is 18.3. The average Bonchev–Trinajstić information content (AvgIpc) is 3.26. The first-order valence-electron chi connectivity index (χ1n) is 11.5. The van der Waals surface area contributed by atoms with Crippen LogP contribution in [0.15, 0.2) is 63.6 Å². The molecule has 158 valence electrons. The highest BCUT2D eigenvalue weighted by atomic mass is 32.2. The fourth-order valence-electron chi connectivity index (χ4n) is 5.13. The first kappa shape index (κ1) is 20.4. The predicted octanol–water partition coefficient (Wildman–Crippen LogP) is 7.29. The number of hydrogen-bond acceptors (Lipinski definition) is 4. The molecule has 0 N–H and O–H groups in total. The van der Waals surface area contributed by atoms with Gasteiger partial charge in [0.05, 0.1) is 5.69 Å². The van der Waals surface area contributed by atoms with Crippen LogP contribution in [0, 0.1) is 11.8 Å². The van der Waals surface area contributed by atoms with Crippen LogP contribution in [-0.2, 0) is 12.8 Å². The lowest BCUT2D eigenvalue weighted by atomic mass is 9.96. The fourth-order valence-corrected chi connectivity index (χ4v) is 6.31. The molecule has 3 nitrogen and oxygen atoms in total. The van der Waals surface area contributed by atoms with Crippen LogP contribution in [0.2, 0.25) is 0 Å². The van der Waals surface area contributed by atoms with E-state index in [9.17, 15) is 0 Å². The Kier molecular flexibility index (Phi) is 5.91. The zero-order valence-corrected chi connectivity index (χ0v) is 19.2. The van der Waals surface area contributed by atoms with E-state index in [0.29, 0.717) is 5.92 Å². The summed E-state index contributed by atoms with van der Waals surface area (Å²) in [5, 5.41) is 0. The van der Waals surface area contributed by atoms with E-state index in [4.69, 9.17) is 15.0 Å². The molecule has 4 heteroatoms. The molecule has 0 spiro atoms. The molecule has 0 radical (unpaired) electrons. The molecule has 1 fully saturated rings. The van der Waals surface area contributed by atoms with E-state index in [1.165, 1.54) is 52.2 Å². The van der Waals surface area contributed by atoms with Crippen LogP contribution in [0.3, 0.4) is 0 Å². The maximum atomic E-state index is 4.80. The molecular weight excluding hydrogens is 398 g/mol. The van der Waals surface area contributed by atoms with E-state index in [2.05, 4.69) is 49.4 Å². The predicted molar refractivity (Wildman–Crippen MR) is 129 cm³/mol. The van der Waals surface area contributed by atoms with Crippen molar-refractivity contribution < 1.29 is 0 Å². The minimum absolute atomic E-state index is 0.712. The normalized spacial score (nSPS) is 20.1. The van der Waals surface area contributed by atoms with E-state index in [1.54, 1.807) is 6.33 Å². The van der Waals surface area contributed by atoms with Crippen molar-refractivity contribution in [2.45, 2.75) is 62.2 Å². The highest BCUT2D eigenvalue weighted by Crippen LogP contribution is 2.46. The summed E-state index contributed by atoms with van der Waals surface area (Å²) < 4.78 is 0. The molecule has 2 aliphatic rings. The number of nitrogens with zero attached hydrogens (tertiary/aromatic N) is 3. The summed E-state index contributed by atoms with van der Waals surface area (Å²) in [5.41, 5.74) is 6.98. The highest BCUT2D eigenvalue weighted by molar-refractivity contribution is 7.99. The lowest BCUT2D eigenvalue weighted by Crippen LogP contribution is -2.05. The van der Waals surface area contributed by atoms with E-state index in [1.807, 2.05) is 24.9 Å². The van der Waals surface area contributed by atoms with Gasteiger partial charge >= 0.3 is 0 Å². The number of aliphatic imine (C=N–C) groups is 1. The molecule has 0 bridgehead atoms. The van der Waals surface area contributed by atoms with Crippen molar-refractivity contribution >= 4 is 23.7 Å². The second kappa shape index (κ2) is 8.96. The Morgan fingerprint density at radius 1 is 1.03 bits per heavy atom. The molecule has 1 aliphatic carbocycles. The summed E-state index contributed by atoms with van der Waals surface area (Å²) in [6.45, 7) is 4.30. The summed E-state index contributed by atoms with van der Waals surface area (Å²) in [4.78, 5) is 16.9. The zero-order chi connectivity index (χ0) is 21.2. The monoisotopic (exact) mass is 427 g/mol. The van der Waals surface area contributed by atoms with Gasteiger partial charge in [0.2, 0.25) is 0 Å². The molecule has 2 heterocycles. The first-order chi connectivity index (χ1) is 15.3. The van der Waals surface area contributed by atoms with Crippen molar-refractivity contribution in [3.63, 3.8) is 0 Å². The van der Waals surface area contributed by atoms with Gasteiger partial charge in [-0.2, -0.15) is 0 Å². The van der Waals surface area contributed by atoms with E-state index < -0.39 is 0 Å². The molecule has 1 aliphatic heterocycles. The number of benzene rings is 2. The van der Waals surface area contributed by atoms with Crippen molar-refractivity contribution in [2.24, 2.45) is 16.8 Å². The summed E-state index contributed by atoms with van der Waals surface area (Å²) in [6.07, 6.45) is 10.9. The Morgan fingerprint density at radius 3 is 2.71 bits per heavy atom. The van der Waals surface area contributed by atoms with Gasteiger partial charge in [-0.15, -0.1) is 0 Å². The Hall–Kier alpha value is -2.46. The molecule has 2 atom stereocenters.